The Bertz CT molecular complexity index is 764. The third kappa shape index (κ3) is 4.69. The second-order valence-corrected chi connectivity index (χ2v) is 7.54. The summed E-state index contributed by atoms with van der Waals surface area (Å²) in [6.45, 7) is 10.1. The quantitative estimate of drug-likeness (QED) is 0.757. The van der Waals surface area contributed by atoms with Gasteiger partial charge in [-0.3, -0.25) is 14.6 Å². The smallest absolute Gasteiger partial charge is 0.236 e. The maximum absolute atomic E-state index is 12.7. The van der Waals surface area contributed by atoms with Crippen LogP contribution in [0.15, 0.2) is 35.0 Å². The molecule has 2 aliphatic heterocycles. The number of nitrogens with zero attached hydrogens (tertiary/aromatic N) is 6. The van der Waals surface area contributed by atoms with Gasteiger partial charge in [-0.15, -0.1) is 0 Å². The van der Waals surface area contributed by atoms with Crippen molar-refractivity contribution in [2.24, 2.45) is 0 Å². The number of piperazine rings is 2. The number of rotatable bonds is 5. The topological polar surface area (TPSA) is 69.0 Å². The average molecular weight is 384 g/mol. The maximum Gasteiger partial charge on any atom is 0.236 e. The molecule has 4 rings (SSSR count). The van der Waals surface area contributed by atoms with Crippen LogP contribution in [-0.2, 0) is 11.3 Å². The molecule has 1 amide bonds. The fraction of sp³-hybridized carbons (Fsp3) is 0.550. The Morgan fingerprint density at radius 1 is 1.04 bits per heavy atom. The van der Waals surface area contributed by atoms with E-state index in [2.05, 4.69) is 24.8 Å². The summed E-state index contributed by atoms with van der Waals surface area (Å²) in [7, 11) is 0. The molecule has 2 aromatic rings. The molecule has 0 aromatic carbocycles. The molecule has 0 unspecified atom stereocenters. The highest BCUT2D eigenvalue weighted by molar-refractivity contribution is 5.78. The van der Waals surface area contributed by atoms with E-state index < -0.39 is 0 Å². The van der Waals surface area contributed by atoms with E-state index in [-0.39, 0.29) is 5.91 Å². The molecular formula is C20H28N6O2. The highest BCUT2D eigenvalue weighted by Crippen LogP contribution is 2.13. The van der Waals surface area contributed by atoms with Crippen LogP contribution >= 0.6 is 0 Å². The maximum atomic E-state index is 12.7. The van der Waals surface area contributed by atoms with E-state index in [1.165, 1.54) is 0 Å². The van der Waals surface area contributed by atoms with Gasteiger partial charge in [0, 0.05) is 71.2 Å². The zero-order valence-electron chi connectivity index (χ0n) is 16.5. The number of hydrogen-bond donors (Lipinski definition) is 0. The minimum Gasteiger partial charge on any atom is -0.361 e. The first-order valence-corrected chi connectivity index (χ1v) is 9.98. The summed E-state index contributed by atoms with van der Waals surface area (Å²) in [4.78, 5) is 26.0. The van der Waals surface area contributed by atoms with Crippen LogP contribution in [0.5, 0.6) is 0 Å². The fourth-order valence-corrected chi connectivity index (χ4v) is 3.84. The SMILES string of the molecule is Cc1cc(CN2CCN(C(=O)CN3CCN(c4ccccn4)CC3)CC2)no1. The van der Waals surface area contributed by atoms with E-state index in [9.17, 15) is 4.79 Å². The van der Waals surface area contributed by atoms with Gasteiger partial charge >= 0.3 is 0 Å². The lowest BCUT2D eigenvalue weighted by Gasteiger charge is -2.38. The zero-order chi connectivity index (χ0) is 19.3. The third-order valence-corrected chi connectivity index (χ3v) is 5.49. The number of amides is 1. The summed E-state index contributed by atoms with van der Waals surface area (Å²) in [6, 6.07) is 7.97. The molecule has 0 aliphatic carbocycles. The van der Waals surface area contributed by atoms with Crippen molar-refractivity contribution in [2.45, 2.75) is 13.5 Å². The third-order valence-electron chi connectivity index (χ3n) is 5.49. The molecule has 2 fully saturated rings. The Balaban J connectivity index is 1.19. The van der Waals surface area contributed by atoms with Gasteiger partial charge in [0.15, 0.2) is 0 Å². The van der Waals surface area contributed by atoms with Crippen LogP contribution in [0.1, 0.15) is 11.5 Å². The molecule has 28 heavy (non-hydrogen) atoms. The van der Waals surface area contributed by atoms with E-state index >= 15 is 0 Å². The molecular weight excluding hydrogens is 356 g/mol. The standard InChI is InChI=1S/C20H28N6O2/c1-17-14-18(22-28-17)15-23-8-12-26(13-9-23)20(27)16-24-6-10-25(11-7-24)19-4-2-3-5-21-19/h2-5,14H,6-13,15-16H2,1H3. The molecule has 2 saturated heterocycles. The number of hydrogen-bond acceptors (Lipinski definition) is 7. The van der Waals surface area contributed by atoms with Crippen LogP contribution in [0, 0.1) is 6.92 Å². The number of aromatic nitrogens is 2. The molecule has 8 heteroatoms. The molecule has 2 aromatic heterocycles. The first-order chi connectivity index (χ1) is 13.7. The normalized spacial score (nSPS) is 19.2. The van der Waals surface area contributed by atoms with Crippen LogP contribution in [0.2, 0.25) is 0 Å². The largest absolute Gasteiger partial charge is 0.361 e. The molecule has 4 heterocycles. The van der Waals surface area contributed by atoms with Gasteiger partial charge in [-0.2, -0.15) is 0 Å². The molecule has 0 N–H and O–H groups in total. The lowest BCUT2D eigenvalue weighted by atomic mass is 10.2. The minimum atomic E-state index is 0.239. The van der Waals surface area contributed by atoms with E-state index in [1.54, 1.807) is 0 Å². The highest BCUT2D eigenvalue weighted by atomic mass is 16.5. The number of anilines is 1. The second kappa shape index (κ2) is 8.70. The van der Waals surface area contributed by atoms with Gasteiger partial charge in [0.05, 0.1) is 12.2 Å². The lowest BCUT2D eigenvalue weighted by molar-refractivity contribution is -0.134. The van der Waals surface area contributed by atoms with Crippen molar-refractivity contribution < 1.29 is 9.32 Å². The summed E-state index contributed by atoms with van der Waals surface area (Å²) in [5.41, 5.74) is 0.961. The van der Waals surface area contributed by atoms with E-state index in [4.69, 9.17) is 4.52 Å². The molecule has 2 aliphatic rings. The Morgan fingerprint density at radius 2 is 1.79 bits per heavy atom. The molecule has 0 saturated carbocycles. The van der Waals surface area contributed by atoms with Gasteiger partial charge in [-0.1, -0.05) is 11.2 Å². The van der Waals surface area contributed by atoms with E-state index in [0.29, 0.717) is 6.54 Å². The van der Waals surface area contributed by atoms with Crippen molar-refractivity contribution in [3.63, 3.8) is 0 Å². The van der Waals surface area contributed by atoms with E-state index in [1.807, 2.05) is 42.3 Å². The lowest BCUT2D eigenvalue weighted by Crippen LogP contribution is -2.53. The zero-order valence-corrected chi connectivity index (χ0v) is 16.5. The van der Waals surface area contributed by atoms with Crippen LogP contribution in [0.4, 0.5) is 5.82 Å². The van der Waals surface area contributed by atoms with E-state index in [0.717, 1.165) is 76.2 Å². The van der Waals surface area contributed by atoms with Gasteiger partial charge in [0.2, 0.25) is 5.91 Å². The first kappa shape index (κ1) is 18.9. The van der Waals surface area contributed by atoms with Gasteiger partial charge in [0.25, 0.3) is 0 Å². The summed E-state index contributed by atoms with van der Waals surface area (Å²) in [5.74, 6) is 2.10. The molecule has 8 nitrogen and oxygen atoms in total. The Morgan fingerprint density at radius 3 is 2.43 bits per heavy atom. The summed E-state index contributed by atoms with van der Waals surface area (Å²) < 4.78 is 5.13. The van der Waals surface area contributed by atoms with Crippen molar-refractivity contribution in [3.05, 3.63) is 41.9 Å². The highest BCUT2D eigenvalue weighted by Gasteiger charge is 2.25. The molecule has 150 valence electrons. The predicted octanol–water partition coefficient (Wildman–Crippen LogP) is 0.844. The average Bonchev–Trinajstić information content (AvgIpc) is 3.14. The fourth-order valence-electron chi connectivity index (χ4n) is 3.84. The predicted molar refractivity (Wildman–Crippen MR) is 106 cm³/mol. The number of carbonyl (C=O) groups is 1. The van der Waals surface area contributed by atoms with Crippen LogP contribution in [0.3, 0.4) is 0 Å². The van der Waals surface area contributed by atoms with Gasteiger partial charge in [-0.05, 0) is 19.1 Å². The summed E-state index contributed by atoms with van der Waals surface area (Å²) in [5, 5.41) is 4.06. The monoisotopic (exact) mass is 384 g/mol. The Labute approximate surface area is 165 Å². The minimum absolute atomic E-state index is 0.239. The number of pyridine rings is 1. The summed E-state index contributed by atoms with van der Waals surface area (Å²) >= 11 is 0. The Hall–Kier alpha value is -2.45. The van der Waals surface area contributed by atoms with Crippen LogP contribution in [0.25, 0.3) is 0 Å². The van der Waals surface area contributed by atoms with Crippen molar-refractivity contribution in [3.8, 4) is 0 Å². The van der Waals surface area contributed by atoms with Gasteiger partial charge in [-0.25, -0.2) is 4.98 Å². The van der Waals surface area contributed by atoms with Crippen molar-refractivity contribution in [1.29, 1.82) is 0 Å². The van der Waals surface area contributed by atoms with Gasteiger partial charge < -0.3 is 14.3 Å². The Kier molecular flexibility index (Phi) is 5.87. The van der Waals surface area contributed by atoms with Crippen molar-refractivity contribution >= 4 is 11.7 Å². The second-order valence-electron chi connectivity index (χ2n) is 7.54. The van der Waals surface area contributed by atoms with Crippen molar-refractivity contribution in [2.75, 3.05) is 63.8 Å². The number of carbonyl (C=O) groups excluding carboxylic acids is 1. The van der Waals surface area contributed by atoms with Crippen LogP contribution < -0.4 is 4.90 Å². The van der Waals surface area contributed by atoms with Crippen LogP contribution in [-0.4, -0.2) is 89.7 Å². The number of aryl methyl sites for hydroxylation is 1. The van der Waals surface area contributed by atoms with Crippen molar-refractivity contribution in [1.82, 2.24) is 24.8 Å². The molecule has 0 atom stereocenters. The molecule has 0 spiro atoms. The molecule has 0 bridgehead atoms. The molecule has 0 radical (unpaired) electrons. The van der Waals surface area contributed by atoms with Gasteiger partial charge in [0.1, 0.15) is 11.6 Å². The summed E-state index contributed by atoms with van der Waals surface area (Å²) in [6.07, 6.45) is 1.83. The first-order valence-electron chi connectivity index (χ1n) is 9.98.